The largest absolute Gasteiger partial charge is 0.494 e. The molecule has 0 saturated carbocycles. The predicted molar refractivity (Wildman–Crippen MR) is 95.4 cm³/mol. The predicted octanol–water partition coefficient (Wildman–Crippen LogP) is 3.20. The van der Waals surface area contributed by atoms with Crippen LogP contribution in [-0.2, 0) is 11.2 Å². The molecule has 1 unspecified atom stereocenters. The quantitative estimate of drug-likeness (QED) is 0.908. The minimum atomic E-state index is -0.459. The Balaban J connectivity index is 1.78. The molecule has 0 radical (unpaired) electrons. The van der Waals surface area contributed by atoms with E-state index in [1.54, 1.807) is 12.1 Å². The summed E-state index contributed by atoms with van der Waals surface area (Å²) in [6.07, 6.45) is 0.151. The standard InChI is InChI=1S/C19H20ClFN2O2/c1-25-18-6-5-13(9-16(18)21)10-19(24)23-8-7-22-12-17(23)14-3-2-4-15(20)11-14/h2-6,9,11,17,22H,7-8,10,12H2,1H3. The number of piperazine rings is 1. The normalized spacial score (nSPS) is 17.4. The smallest absolute Gasteiger partial charge is 0.227 e. The molecule has 0 aliphatic carbocycles. The lowest BCUT2D eigenvalue weighted by Gasteiger charge is -2.36. The number of methoxy groups -OCH3 is 1. The second-order valence-corrected chi connectivity index (χ2v) is 6.44. The van der Waals surface area contributed by atoms with Gasteiger partial charge in [-0.2, -0.15) is 0 Å². The lowest BCUT2D eigenvalue weighted by atomic mass is 10.0. The number of nitrogens with zero attached hydrogens (tertiary/aromatic N) is 1. The zero-order valence-corrected chi connectivity index (χ0v) is 14.7. The van der Waals surface area contributed by atoms with Gasteiger partial charge in [-0.1, -0.05) is 29.8 Å². The van der Waals surface area contributed by atoms with Crippen molar-refractivity contribution in [3.8, 4) is 5.75 Å². The van der Waals surface area contributed by atoms with E-state index >= 15 is 0 Å². The minimum absolute atomic E-state index is 0.0314. The molecule has 1 N–H and O–H groups in total. The third kappa shape index (κ3) is 4.11. The lowest BCUT2D eigenvalue weighted by Crippen LogP contribution is -2.49. The summed E-state index contributed by atoms with van der Waals surface area (Å²) < 4.78 is 18.8. The fourth-order valence-corrected chi connectivity index (χ4v) is 3.31. The van der Waals surface area contributed by atoms with E-state index in [1.165, 1.54) is 13.2 Å². The van der Waals surface area contributed by atoms with E-state index < -0.39 is 5.82 Å². The molecule has 1 fully saturated rings. The summed E-state index contributed by atoms with van der Waals surface area (Å²) in [6.45, 7) is 2.01. The maximum Gasteiger partial charge on any atom is 0.227 e. The van der Waals surface area contributed by atoms with Crippen LogP contribution in [-0.4, -0.2) is 37.6 Å². The first-order valence-corrected chi connectivity index (χ1v) is 8.54. The van der Waals surface area contributed by atoms with Gasteiger partial charge in [0.1, 0.15) is 0 Å². The molecule has 0 bridgehead atoms. The first kappa shape index (κ1) is 17.7. The highest BCUT2D eigenvalue weighted by Gasteiger charge is 2.28. The van der Waals surface area contributed by atoms with Crippen LogP contribution in [0.5, 0.6) is 5.75 Å². The van der Waals surface area contributed by atoms with Crippen molar-refractivity contribution in [1.82, 2.24) is 10.2 Å². The van der Waals surface area contributed by atoms with Gasteiger partial charge in [0.15, 0.2) is 11.6 Å². The van der Waals surface area contributed by atoms with Crippen LogP contribution in [0.1, 0.15) is 17.2 Å². The Hall–Kier alpha value is -2.11. The van der Waals surface area contributed by atoms with E-state index in [-0.39, 0.29) is 24.1 Å². The Morgan fingerprint density at radius 3 is 2.92 bits per heavy atom. The highest BCUT2D eigenvalue weighted by atomic mass is 35.5. The zero-order chi connectivity index (χ0) is 17.8. The number of hydrogen-bond donors (Lipinski definition) is 1. The number of rotatable bonds is 4. The van der Waals surface area contributed by atoms with Gasteiger partial charge < -0.3 is 15.0 Å². The lowest BCUT2D eigenvalue weighted by molar-refractivity contribution is -0.133. The number of carbonyl (C=O) groups excluding carboxylic acids is 1. The summed E-state index contributed by atoms with van der Waals surface area (Å²) in [7, 11) is 1.42. The van der Waals surface area contributed by atoms with E-state index in [0.29, 0.717) is 23.7 Å². The maximum absolute atomic E-state index is 13.9. The van der Waals surface area contributed by atoms with Crippen LogP contribution in [0.25, 0.3) is 0 Å². The fraction of sp³-hybridized carbons (Fsp3) is 0.316. The van der Waals surface area contributed by atoms with Gasteiger partial charge in [0.25, 0.3) is 0 Å². The number of nitrogens with one attached hydrogen (secondary N) is 1. The van der Waals surface area contributed by atoms with Crippen LogP contribution in [0.15, 0.2) is 42.5 Å². The van der Waals surface area contributed by atoms with Crippen molar-refractivity contribution in [3.05, 3.63) is 64.4 Å². The number of carbonyl (C=O) groups is 1. The Morgan fingerprint density at radius 2 is 2.20 bits per heavy atom. The van der Waals surface area contributed by atoms with Gasteiger partial charge in [0.05, 0.1) is 19.6 Å². The Kier molecular flexibility index (Phi) is 5.56. The minimum Gasteiger partial charge on any atom is -0.494 e. The monoisotopic (exact) mass is 362 g/mol. The zero-order valence-electron chi connectivity index (χ0n) is 14.0. The molecule has 6 heteroatoms. The molecule has 1 atom stereocenters. The topological polar surface area (TPSA) is 41.6 Å². The van der Waals surface area contributed by atoms with E-state index in [9.17, 15) is 9.18 Å². The fourth-order valence-electron chi connectivity index (χ4n) is 3.11. The summed E-state index contributed by atoms with van der Waals surface area (Å²) in [4.78, 5) is 14.7. The van der Waals surface area contributed by atoms with Crippen LogP contribution in [0.4, 0.5) is 4.39 Å². The SMILES string of the molecule is COc1ccc(CC(=O)N2CCNCC2c2cccc(Cl)c2)cc1F. The maximum atomic E-state index is 13.9. The summed E-state index contributed by atoms with van der Waals surface area (Å²) in [5.41, 5.74) is 1.63. The van der Waals surface area contributed by atoms with Crippen LogP contribution in [0.2, 0.25) is 5.02 Å². The molecule has 3 rings (SSSR count). The van der Waals surface area contributed by atoms with Gasteiger partial charge in [-0.25, -0.2) is 4.39 Å². The molecule has 0 spiro atoms. The van der Waals surface area contributed by atoms with Gasteiger partial charge in [-0.05, 0) is 35.4 Å². The number of amides is 1. The Bertz CT molecular complexity index is 769. The van der Waals surface area contributed by atoms with Gasteiger partial charge in [-0.3, -0.25) is 4.79 Å². The third-order valence-electron chi connectivity index (χ3n) is 4.37. The molecule has 1 saturated heterocycles. The second kappa shape index (κ2) is 7.85. The van der Waals surface area contributed by atoms with Crippen LogP contribution in [0.3, 0.4) is 0 Å². The average Bonchev–Trinajstić information content (AvgIpc) is 2.62. The van der Waals surface area contributed by atoms with Gasteiger partial charge in [-0.15, -0.1) is 0 Å². The highest BCUT2D eigenvalue weighted by molar-refractivity contribution is 6.30. The molecule has 4 nitrogen and oxygen atoms in total. The first-order valence-electron chi connectivity index (χ1n) is 8.16. The van der Waals surface area contributed by atoms with Crippen molar-refractivity contribution in [3.63, 3.8) is 0 Å². The van der Waals surface area contributed by atoms with E-state index in [1.807, 2.05) is 29.2 Å². The van der Waals surface area contributed by atoms with Crippen molar-refractivity contribution >= 4 is 17.5 Å². The third-order valence-corrected chi connectivity index (χ3v) is 4.60. The molecular formula is C19H20ClFN2O2. The van der Waals surface area contributed by atoms with Crippen molar-refractivity contribution in [1.29, 1.82) is 0 Å². The molecule has 1 heterocycles. The van der Waals surface area contributed by atoms with Gasteiger partial charge >= 0.3 is 0 Å². The Labute approximate surface area is 151 Å². The van der Waals surface area contributed by atoms with Crippen LogP contribution >= 0.6 is 11.6 Å². The molecule has 1 aliphatic rings. The Morgan fingerprint density at radius 1 is 1.36 bits per heavy atom. The van der Waals surface area contributed by atoms with Gasteiger partial charge in [0.2, 0.25) is 5.91 Å². The molecule has 1 aliphatic heterocycles. The first-order chi connectivity index (χ1) is 12.1. The molecule has 2 aromatic rings. The van der Waals surface area contributed by atoms with Gasteiger partial charge in [0, 0.05) is 24.7 Å². The second-order valence-electron chi connectivity index (χ2n) is 6.01. The summed E-state index contributed by atoms with van der Waals surface area (Å²) in [5, 5.41) is 3.96. The number of benzene rings is 2. The van der Waals surface area contributed by atoms with Crippen molar-refractivity contribution < 1.29 is 13.9 Å². The summed E-state index contributed by atoms with van der Waals surface area (Å²) in [5.74, 6) is -0.314. The molecule has 1 amide bonds. The van der Waals surface area contributed by atoms with Crippen molar-refractivity contribution in [2.45, 2.75) is 12.5 Å². The number of halogens is 2. The molecule has 132 valence electrons. The van der Waals surface area contributed by atoms with Crippen LogP contribution < -0.4 is 10.1 Å². The van der Waals surface area contributed by atoms with Crippen molar-refractivity contribution in [2.24, 2.45) is 0 Å². The molecular weight excluding hydrogens is 343 g/mol. The molecule has 2 aromatic carbocycles. The van der Waals surface area contributed by atoms with Crippen molar-refractivity contribution in [2.75, 3.05) is 26.7 Å². The summed E-state index contributed by atoms with van der Waals surface area (Å²) >= 11 is 6.09. The van der Waals surface area contributed by atoms with E-state index in [0.717, 1.165) is 12.1 Å². The average molecular weight is 363 g/mol. The van der Waals surface area contributed by atoms with Crippen LogP contribution in [0, 0.1) is 5.82 Å². The number of ether oxygens (including phenoxy) is 1. The molecule has 0 aromatic heterocycles. The van der Waals surface area contributed by atoms with E-state index in [4.69, 9.17) is 16.3 Å². The molecule has 25 heavy (non-hydrogen) atoms. The number of hydrogen-bond acceptors (Lipinski definition) is 3. The highest BCUT2D eigenvalue weighted by Crippen LogP contribution is 2.26. The summed E-state index contributed by atoms with van der Waals surface area (Å²) in [6, 6.07) is 12.1. The van der Waals surface area contributed by atoms with E-state index in [2.05, 4.69) is 5.32 Å².